The first kappa shape index (κ1) is 19.7. The average Bonchev–Trinajstić information content (AvgIpc) is 2.63. The first-order chi connectivity index (χ1) is 12.1. The van der Waals surface area contributed by atoms with Gasteiger partial charge in [0.1, 0.15) is 0 Å². The summed E-state index contributed by atoms with van der Waals surface area (Å²) in [6.45, 7) is 8.25. The van der Waals surface area contributed by atoms with Gasteiger partial charge in [-0.1, -0.05) is 56.3 Å². The lowest BCUT2D eigenvalue weighted by Crippen LogP contribution is -2.36. The fraction of sp³-hybridized carbons (Fsp3) is 0.364. The zero-order valence-electron chi connectivity index (χ0n) is 15.4. The van der Waals surface area contributed by atoms with Crippen LogP contribution in [0.25, 0.3) is 0 Å². The summed E-state index contributed by atoms with van der Waals surface area (Å²) in [5.41, 5.74) is 0. The zero-order chi connectivity index (χ0) is 18.1. The molecular weight excluding hydrogens is 325 g/mol. The second-order valence-electron chi connectivity index (χ2n) is 6.96. The maximum absolute atomic E-state index is 14.1. The van der Waals surface area contributed by atoms with Gasteiger partial charge in [0.25, 0.3) is 0 Å². The van der Waals surface area contributed by atoms with Crippen LogP contribution < -0.4 is 15.7 Å². The number of hydrogen-bond donors (Lipinski definition) is 1. The molecule has 0 heterocycles. The van der Waals surface area contributed by atoms with Gasteiger partial charge in [0, 0.05) is 16.7 Å². The molecule has 0 aliphatic carbocycles. The van der Waals surface area contributed by atoms with Crippen molar-refractivity contribution < 1.29 is 4.57 Å². The Morgan fingerprint density at radius 3 is 1.96 bits per heavy atom. The SMILES string of the molecule is C=CCCC[C@@H](CC(C)C)NP(=O)(c1ccccc1)c1ccccc1. The van der Waals surface area contributed by atoms with E-state index < -0.39 is 7.29 Å². The Balaban J connectivity index is 2.34. The summed E-state index contributed by atoms with van der Waals surface area (Å²) in [4.78, 5) is 0. The Morgan fingerprint density at radius 1 is 1.00 bits per heavy atom. The lowest BCUT2D eigenvalue weighted by molar-refractivity contribution is 0.435. The summed E-state index contributed by atoms with van der Waals surface area (Å²) in [7, 11) is -2.86. The van der Waals surface area contributed by atoms with Crippen LogP contribution in [0.5, 0.6) is 0 Å². The van der Waals surface area contributed by atoms with E-state index in [-0.39, 0.29) is 6.04 Å². The maximum atomic E-state index is 14.1. The molecular formula is C22H30NOP. The molecule has 2 aromatic carbocycles. The average molecular weight is 355 g/mol. The van der Waals surface area contributed by atoms with Crippen LogP contribution in [0.2, 0.25) is 0 Å². The van der Waals surface area contributed by atoms with Gasteiger partial charge < -0.3 is 0 Å². The first-order valence-electron chi connectivity index (χ1n) is 9.16. The Bertz CT molecular complexity index is 638. The molecule has 0 bridgehead atoms. The monoisotopic (exact) mass is 355 g/mol. The minimum Gasteiger partial charge on any atom is -0.297 e. The molecule has 0 aliphatic heterocycles. The quantitative estimate of drug-likeness (QED) is 0.357. The van der Waals surface area contributed by atoms with Crippen molar-refractivity contribution in [3.8, 4) is 0 Å². The number of nitrogens with one attached hydrogen (secondary N) is 1. The van der Waals surface area contributed by atoms with Crippen molar-refractivity contribution in [3.63, 3.8) is 0 Å². The largest absolute Gasteiger partial charge is 0.297 e. The van der Waals surface area contributed by atoms with Gasteiger partial charge in [-0.15, -0.1) is 6.58 Å². The van der Waals surface area contributed by atoms with Crippen LogP contribution in [0.4, 0.5) is 0 Å². The van der Waals surface area contributed by atoms with Crippen molar-refractivity contribution in [3.05, 3.63) is 73.3 Å². The summed E-state index contributed by atoms with van der Waals surface area (Å²) in [5.74, 6) is 0.557. The summed E-state index contributed by atoms with van der Waals surface area (Å²) in [5, 5.41) is 5.32. The third-order valence-electron chi connectivity index (χ3n) is 4.32. The van der Waals surface area contributed by atoms with Crippen LogP contribution in [0.3, 0.4) is 0 Å². The molecule has 0 amide bonds. The zero-order valence-corrected chi connectivity index (χ0v) is 16.3. The van der Waals surface area contributed by atoms with Crippen LogP contribution in [-0.4, -0.2) is 6.04 Å². The van der Waals surface area contributed by atoms with E-state index in [1.807, 2.05) is 66.7 Å². The topological polar surface area (TPSA) is 29.1 Å². The van der Waals surface area contributed by atoms with E-state index in [0.717, 1.165) is 36.3 Å². The second-order valence-corrected chi connectivity index (χ2v) is 9.47. The van der Waals surface area contributed by atoms with E-state index in [2.05, 4.69) is 25.5 Å². The highest BCUT2D eigenvalue weighted by atomic mass is 31.2. The third-order valence-corrected chi connectivity index (χ3v) is 7.10. The molecule has 2 nitrogen and oxygen atoms in total. The molecule has 0 saturated heterocycles. The summed E-state index contributed by atoms with van der Waals surface area (Å²) in [6.07, 6.45) is 6.05. The predicted molar refractivity (Wildman–Crippen MR) is 110 cm³/mol. The van der Waals surface area contributed by atoms with E-state index in [9.17, 15) is 4.57 Å². The molecule has 2 aromatic rings. The number of unbranched alkanes of at least 4 members (excludes halogenated alkanes) is 1. The Hall–Kier alpha value is -1.63. The smallest absolute Gasteiger partial charge is 0.204 e. The Morgan fingerprint density at radius 2 is 1.52 bits per heavy atom. The standard InChI is InChI=1S/C22H30NOP/c1-4-5-8-13-20(18-19(2)3)23-25(24,21-14-9-6-10-15-21)22-16-11-7-12-17-22/h4,6-7,9-12,14-17,19-20H,1,5,8,13,18H2,2-3H3,(H,23,24)/t20-/m0/s1. The summed E-state index contributed by atoms with van der Waals surface area (Å²) >= 11 is 0. The number of benzene rings is 2. The van der Waals surface area contributed by atoms with Gasteiger partial charge in [-0.05, 0) is 55.9 Å². The van der Waals surface area contributed by atoms with Crippen LogP contribution >= 0.6 is 7.29 Å². The number of allylic oxidation sites excluding steroid dienone is 1. The molecule has 25 heavy (non-hydrogen) atoms. The molecule has 0 aliphatic rings. The Kier molecular flexibility index (Phi) is 7.68. The van der Waals surface area contributed by atoms with E-state index in [0.29, 0.717) is 5.92 Å². The summed E-state index contributed by atoms with van der Waals surface area (Å²) in [6, 6.07) is 19.9. The highest BCUT2D eigenvalue weighted by Crippen LogP contribution is 2.40. The maximum Gasteiger partial charge on any atom is 0.204 e. The molecule has 1 atom stereocenters. The van der Waals surface area contributed by atoms with Gasteiger partial charge in [-0.25, -0.2) is 0 Å². The van der Waals surface area contributed by atoms with E-state index in [1.165, 1.54) is 0 Å². The van der Waals surface area contributed by atoms with Gasteiger partial charge in [-0.2, -0.15) is 0 Å². The first-order valence-corrected chi connectivity index (χ1v) is 10.9. The summed E-state index contributed by atoms with van der Waals surface area (Å²) < 4.78 is 14.1. The fourth-order valence-corrected chi connectivity index (χ4v) is 5.67. The van der Waals surface area contributed by atoms with Crippen molar-refractivity contribution >= 4 is 17.9 Å². The van der Waals surface area contributed by atoms with Crippen molar-refractivity contribution in [2.45, 2.75) is 45.6 Å². The van der Waals surface area contributed by atoms with Crippen molar-refractivity contribution in [2.24, 2.45) is 5.92 Å². The lowest BCUT2D eigenvalue weighted by atomic mass is 10.00. The van der Waals surface area contributed by atoms with E-state index in [1.54, 1.807) is 0 Å². The van der Waals surface area contributed by atoms with Gasteiger partial charge in [0.05, 0.1) is 0 Å². The van der Waals surface area contributed by atoms with Crippen molar-refractivity contribution in [2.75, 3.05) is 0 Å². The van der Waals surface area contributed by atoms with Crippen LogP contribution in [0.1, 0.15) is 39.5 Å². The van der Waals surface area contributed by atoms with Gasteiger partial charge in [-0.3, -0.25) is 9.65 Å². The van der Waals surface area contributed by atoms with Crippen molar-refractivity contribution in [1.82, 2.24) is 5.09 Å². The molecule has 0 radical (unpaired) electrons. The van der Waals surface area contributed by atoms with Crippen molar-refractivity contribution in [1.29, 1.82) is 0 Å². The number of rotatable bonds is 10. The molecule has 0 unspecified atom stereocenters. The molecule has 134 valence electrons. The minimum absolute atomic E-state index is 0.228. The molecule has 3 heteroatoms. The molecule has 0 saturated carbocycles. The molecule has 0 fully saturated rings. The van der Waals surface area contributed by atoms with Crippen LogP contribution in [0.15, 0.2) is 73.3 Å². The minimum atomic E-state index is -2.86. The number of hydrogen-bond acceptors (Lipinski definition) is 1. The van der Waals surface area contributed by atoms with Gasteiger partial charge in [0.15, 0.2) is 0 Å². The molecule has 2 rings (SSSR count). The predicted octanol–water partition coefficient (Wildman–Crippen LogP) is 5.28. The normalized spacial score (nSPS) is 12.9. The Labute approximate surface area is 152 Å². The lowest BCUT2D eigenvalue weighted by Gasteiger charge is -2.28. The van der Waals surface area contributed by atoms with E-state index in [4.69, 9.17) is 0 Å². The molecule has 1 N–H and O–H groups in total. The highest BCUT2D eigenvalue weighted by molar-refractivity contribution is 7.76. The molecule has 0 spiro atoms. The molecule has 0 aromatic heterocycles. The van der Waals surface area contributed by atoms with Gasteiger partial charge in [0.2, 0.25) is 7.29 Å². The van der Waals surface area contributed by atoms with Crippen LogP contribution in [-0.2, 0) is 4.57 Å². The van der Waals surface area contributed by atoms with Gasteiger partial charge >= 0.3 is 0 Å². The second kappa shape index (κ2) is 9.75. The third kappa shape index (κ3) is 5.70. The van der Waals surface area contributed by atoms with E-state index >= 15 is 0 Å². The fourth-order valence-electron chi connectivity index (χ4n) is 3.14. The van der Waals surface area contributed by atoms with Crippen LogP contribution in [0, 0.1) is 5.92 Å². The highest BCUT2D eigenvalue weighted by Gasteiger charge is 2.30.